The van der Waals surface area contributed by atoms with Gasteiger partial charge in [0, 0.05) is 36.7 Å². The fraction of sp³-hybridized carbons (Fsp3) is 0.533. The molecule has 1 aliphatic carbocycles. The van der Waals surface area contributed by atoms with Crippen molar-refractivity contribution >= 4 is 11.5 Å². The Morgan fingerprint density at radius 2 is 1.95 bits per heavy atom. The molecular formula is C15H19NO3. The van der Waals surface area contributed by atoms with E-state index < -0.39 is 0 Å². The molecule has 102 valence electrons. The highest BCUT2D eigenvalue weighted by Gasteiger charge is 2.39. The minimum absolute atomic E-state index is 0.220. The average Bonchev–Trinajstić information content (AvgIpc) is 2.47. The summed E-state index contributed by atoms with van der Waals surface area (Å²) in [4.78, 5) is 14.1. The van der Waals surface area contributed by atoms with Crippen LogP contribution in [0.2, 0.25) is 0 Å². The molecule has 0 N–H and O–H groups in total. The van der Waals surface area contributed by atoms with Crippen LogP contribution in [0.5, 0.6) is 11.5 Å². The zero-order chi connectivity index (χ0) is 13.4. The van der Waals surface area contributed by atoms with E-state index >= 15 is 0 Å². The predicted molar refractivity (Wildman–Crippen MR) is 73.0 cm³/mol. The smallest absolute Gasteiger partial charge is 0.162 e. The Morgan fingerprint density at radius 3 is 2.53 bits per heavy atom. The number of rotatable bonds is 3. The Kier molecular flexibility index (Phi) is 3.09. The van der Waals surface area contributed by atoms with Crippen molar-refractivity contribution < 1.29 is 14.3 Å². The van der Waals surface area contributed by atoms with E-state index in [-0.39, 0.29) is 5.92 Å². The quantitative estimate of drug-likeness (QED) is 0.836. The first-order valence-corrected chi connectivity index (χ1v) is 6.74. The maximum atomic E-state index is 11.8. The van der Waals surface area contributed by atoms with Crippen molar-refractivity contribution in [2.24, 2.45) is 5.92 Å². The van der Waals surface area contributed by atoms with E-state index in [1.54, 1.807) is 14.2 Å². The standard InChI is InChI=1S/C15H19NO3/c1-18-14-6-5-12(8-15(14)19-2)16-9-10-3-4-11(16)7-13(10)17/h5-6,8,10-11H,3-4,7,9H2,1-2H3. The molecule has 0 spiro atoms. The summed E-state index contributed by atoms with van der Waals surface area (Å²) in [5.41, 5.74) is 1.12. The van der Waals surface area contributed by atoms with Crippen molar-refractivity contribution in [2.45, 2.75) is 25.3 Å². The molecule has 1 aromatic carbocycles. The van der Waals surface area contributed by atoms with Gasteiger partial charge in [0.25, 0.3) is 0 Å². The third kappa shape index (κ3) is 2.05. The number of benzene rings is 1. The van der Waals surface area contributed by atoms with Gasteiger partial charge in [0.05, 0.1) is 14.2 Å². The summed E-state index contributed by atoms with van der Waals surface area (Å²) in [7, 11) is 3.28. The second-order valence-electron chi connectivity index (χ2n) is 5.29. The topological polar surface area (TPSA) is 38.8 Å². The number of fused-ring (bicyclic) bond motifs is 3. The van der Waals surface area contributed by atoms with E-state index in [1.165, 1.54) is 0 Å². The average molecular weight is 261 g/mol. The van der Waals surface area contributed by atoms with E-state index in [0.29, 0.717) is 18.2 Å². The van der Waals surface area contributed by atoms with Crippen LogP contribution >= 0.6 is 0 Å². The third-order valence-corrected chi connectivity index (χ3v) is 4.30. The number of Topliss-reactive ketones (excluding diaryl/α,β-unsaturated/α-hetero) is 1. The number of carbonyl (C=O) groups is 1. The molecule has 2 saturated heterocycles. The lowest BCUT2D eigenvalue weighted by Crippen LogP contribution is -2.52. The summed E-state index contributed by atoms with van der Waals surface area (Å²) < 4.78 is 10.6. The molecule has 4 rings (SSSR count). The molecule has 4 heteroatoms. The van der Waals surface area contributed by atoms with Gasteiger partial charge < -0.3 is 14.4 Å². The number of hydrogen-bond donors (Lipinski definition) is 0. The normalized spacial score (nSPS) is 25.6. The van der Waals surface area contributed by atoms with Crippen LogP contribution < -0.4 is 14.4 Å². The van der Waals surface area contributed by atoms with Gasteiger partial charge in [-0.3, -0.25) is 4.79 Å². The van der Waals surface area contributed by atoms with Gasteiger partial charge in [0.1, 0.15) is 5.78 Å². The molecule has 2 bridgehead atoms. The number of carbonyl (C=O) groups excluding carboxylic acids is 1. The SMILES string of the molecule is COc1ccc(N2CC3CCC2CC3=O)cc1OC. The number of methoxy groups -OCH3 is 2. The predicted octanol–water partition coefficient (Wildman–Crippen LogP) is 2.26. The van der Waals surface area contributed by atoms with Gasteiger partial charge in [-0.05, 0) is 25.0 Å². The van der Waals surface area contributed by atoms with Gasteiger partial charge in [0.15, 0.2) is 11.5 Å². The van der Waals surface area contributed by atoms with Crippen molar-refractivity contribution in [3.05, 3.63) is 18.2 Å². The van der Waals surface area contributed by atoms with Gasteiger partial charge in [-0.2, -0.15) is 0 Å². The molecule has 0 aromatic heterocycles. The second-order valence-corrected chi connectivity index (χ2v) is 5.29. The van der Waals surface area contributed by atoms with Crippen molar-refractivity contribution in [3.8, 4) is 11.5 Å². The summed E-state index contributed by atoms with van der Waals surface area (Å²) in [6.45, 7) is 0.846. The Morgan fingerprint density at radius 1 is 1.16 bits per heavy atom. The molecule has 2 heterocycles. The Hall–Kier alpha value is -1.71. The summed E-state index contributed by atoms with van der Waals surface area (Å²) in [6.07, 6.45) is 2.86. The van der Waals surface area contributed by atoms with E-state index in [2.05, 4.69) is 4.90 Å². The number of ketones is 1. The minimum atomic E-state index is 0.220. The fourth-order valence-corrected chi connectivity index (χ4v) is 3.22. The van der Waals surface area contributed by atoms with Gasteiger partial charge in [0.2, 0.25) is 0 Å². The highest BCUT2D eigenvalue weighted by Crippen LogP contribution is 2.39. The van der Waals surface area contributed by atoms with E-state index in [1.807, 2.05) is 18.2 Å². The van der Waals surface area contributed by atoms with Crippen LogP contribution in [0.1, 0.15) is 19.3 Å². The molecule has 0 amide bonds. The molecule has 3 fully saturated rings. The lowest BCUT2D eigenvalue weighted by molar-refractivity contribution is -0.126. The zero-order valence-electron chi connectivity index (χ0n) is 11.4. The molecule has 1 saturated carbocycles. The van der Waals surface area contributed by atoms with E-state index in [4.69, 9.17) is 9.47 Å². The summed E-state index contributed by atoms with van der Waals surface area (Å²) in [5.74, 6) is 2.14. The Balaban J connectivity index is 1.89. The van der Waals surface area contributed by atoms with Crippen molar-refractivity contribution in [2.75, 3.05) is 25.7 Å². The highest BCUT2D eigenvalue weighted by molar-refractivity contribution is 5.85. The van der Waals surface area contributed by atoms with Crippen molar-refractivity contribution in [1.29, 1.82) is 0 Å². The van der Waals surface area contributed by atoms with Crippen LogP contribution in [-0.2, 0) is 4.79 Å². The first-order valence-electron chi connectivity index (χ1n) is 6.74. The van der Waals surface area contributed by atoms with Gasteiger partial charge in [-0.1, -0.05) is 0 Å². The largest absolute Gasteiger partial charge is 0.493 e. The van der Waals surface area contributed by atoms with Gasteiger partial charge in [-0.25, -0.2) is 0 Å². The van der Waals surface area contributed by atoms with Crippen LogP contribution in [0.25, 0.3) is 0 Å². The zero-order valence-corrected chi connectivity index (χ0v) is 11.4. The molecule has 1 aromatic rings. The van der Waals surface area contributed by atoms with Gasteiger partial charge in [-0.15, -0.1) is 0 Å². The van der Waals surface area contributed by atoms with Crippen molar-refractivity contribution in [3.63, 3.8) is 0 Å². The molecular weight excluding hydrogens is 242 g/mol. The molecule has 2 unspecified atom stereocenters. The second kappa shape index (κ2) is 4.76. The number of piperidine rings is 2. The Labute approximate surface area is 113 Å². The minimum Gasteiger partial charge on any atom is -0.493 e. The van der Waals surface area contributed by atoms with E-state index in [9.17, 15) is 4.79 Å². The van der Waals surface area contributed by atoms with Crippen molar-refractivity contribution in [1.82, 2.24) is 0 Å². The summed E-state index contributed by atoms with van der Waals surface area (Å²) >= 11 is 0. The Bertz CT molecular complexity index is 500. The fourth-order valence-electron chi connectivity index (χ4n) is 3.22. The molecule has 19 heavy (non-hydrogen) atoms. The number of nitrogens with zero attached hydrogens (tertiary/aromatic N) is 1. The van der Waals surface area contributed by atoms with Crippen LogP contribution in [0, 0.1) is 5.92 Å². The molecule has 3 aliphatic rings. The lowest BCUT2D eigenvalue weighted by Gasteiger charge is -2.45. The lowest BCUT2D eigenvalue weighted by atomic mass is 9.78. The maximum absolute atomic E-state index is 11.8. The molecule has 4 nitrogen and oxygen atoms in total. The third-order valence-electron chi connectivity index (χ3n) is 4.30. The first-order chi connectivity index (χ1) is 9.22. The van der Waals surface area contributed by atoms with Crippen LogP contribution in [0.15, 0.2) is 18.2 Å². The van der Waals surface area contributed by atoms with Crippen LogP contribution in [-0.4, -0.2) is 32.6 Å². The highest BCUT2D eigenvalue weighted by atomic mass is 16.5. The monoisotopic (exact) mass is 261 g/mol. The van der Waals surface area contributed by atoms with Crippen LogP contribution in [0.4, 0.5) is 5.69 Å². The van der Waals surface area contributed by atoms with E-state index in [0.717, 1.165) is 36.6 Å². The summed E-state index contributed by atoms with van der Waals surface area (Å²) in [6, 6.07) is 6.34. The molecule has 2 aliphatic heterocycles. The number of ether oxygens (including phenoxy) is 2. The van der Waals surface area contributed by atoms with Gasteiger partial charge >= 0.3 is 0 Å². The summed E-state index contributed by atoms with van der Waals surface area (Å²) in [5, 5.41) is 0. The number of anilines is 1. The van der Waals surface area contributed by atoms with Crippen LogP contribution in [0.3, 0.4) is 0 Å². The maximum Gasteiger partial charge on any atom is 0.162 e. The molecule has 0 radical (unpaired) electrons. The first kappa shape index (κ1) is 12.3. The number of hydrogen-bond acceptors (Lipinski definition) is 4. The molecule has 2 atom stereocenters.